The zero-order valence-electron chi connectivity index (χ0n) is 12.0. The van der Waals surface area contributed by atoms with Gasteiger partial charge in [0.1, 0.15) is 0 Å². The molecule has 112 valence electrons. The number of carbonyl (C=O) groups excluding carboxylic acids is 2. The van der Waals surface area contributed by atoms with Crippen molar-refractivity contribution in [1.29, 1.82) is 0 Å². The van der Waals surface area contributed by atoms with Crippen LogP contribution in [0.25, 0.3) is 0 Å². The molecule has 20 heavy (non-hydrogen) atoms. The highest BCUT2D eigenvalue weighted by Crippen LogP contribution is 2.23. The number of hydrogen-bond donors (Lipinski definition) is 2. The number of ether oxygens (including phenoxy) is 1. The zero-order valence-corrected chi connectivity index (χ0v) is 12.8. The molecule has 0 aliphatic rings. The molecule has 0 saturated carbocycles. The van der Waals surface area contributed by atoms with Crippen LogP contribution in [0.2, 0.25) is 0 Å². The number of amides is 3. The van der Waals surface area contributed by atoms with Crippen LogP contribution < -0.4 is 10.6 Å². The highest BCUT2D eigenvalue weighted by atomic mass is 32.1. The monoisotopic (exact) mass is 299 g/mol. The molecule has 0 aliphatic carbocycles. The summed E-state index contributed by atoms with van der Waals surface area (Å²) in [5, 5.41) is 7.27. The maximum atomic E-state index is 11.9. The van der Waals surface area contributed by atoms with E-state index in [1.807, 2.05) is 24.4 Å². The number of rotatable bonds is 6. The lowest BCUT2D eigenvalue weighted by Gasteiger charge is -2.24. The van der Waals surface area contributed by atoms with Crippen molar-refractivity contribution in [2.24, 2.45) is 0 Å². The summed E-state index contributed by atoms with van der Waals surface area (Å²) in [7, 11) is 1.75. The molecule has 0 saturated heterocycles. The van der Waals surface area contributed by atoms with E-state index in [2.05, 4.69) is 10.6 Å². The van der Waals surface area contributed by atoms with Crippen molar-refractivity contribution < 1.29 is 14.3 Å². The Kier molecular flexibility index (Phi) is 6.86. The highest BCUT2D eigenvalue weighted by Gasteiger charge is 2.17. The second kappa shape index (κ2) is 8.42. The second-order valence-corrected chi connectivity index (χ2v) is 5.16. The molecular weight excluding hydrogens is 278 g/mol. The molecule has 6 nitrogen and oxygen atoms in total. The lowest BCUT2D eigenvalue weighted by Crippen LogP contribution is -2.42. The minimum atomic E-state index is -0.470. The molecule has 2 N–H and O–H groups in total. The van der Waals surface area contributed by atoms with Crippen LogP contribution in [0.3, 0.4) is 0 Å². The van der Waals surface area contributed by atoms with Crippen LogP contribution in [0, 0.1) is 0 Å². The average molecular weight is 299 g/mol. The summed E-state index contributed by atoms with van der Waals surface area (Å²) in [6.45, 7) is 4.74. The summed E-state index contributed by atoms with van der Waals surface area (Å²) in [6.07, 6.45) is -0.470. The van der Waals surface area contributed by atoms with Gasteiger partial charge in [-0.2, -0.15) is 0 Å². The first-order valence-corrected chi connectivity index (χ1v) is 7.39. The van der Waals surface area contributed by atoms with Crippen molar-refractivity contribution in [3.05, 3.63) is 22.4 Å². The van der Waals surface area contributed by atoms with Crippen molar-refractivity contribution in [3.63, 3.8) is 0 Å². The number of urea groups is 1. The number of alkyl carbamates (subject to hydrolysis) is 1. The molecule has 7 heteroatoms. The average Bonchev–Trinajstić information content (AvgIpc) is 2.96. The molecule has 1 heterocycles. The molecule has 3 amide bonds. The molecule has 0 radical (unpaired) electrons. The van der Waals surface area contributed by atoms with E-state index in [9.17, 15) is 9.59 Å². The molecule has 1 aromatic heterocycles. The van der Waals surface area contributed by atoms with Crippen molar-refractivity contribution in [2.45, 2.75) is 19.9 Å². The van der Waals surface area contributed by atoms with E-state index >= 15 is 0 Å². The highest BCUT2D eigenvalue weighted by molar-refractivity contribution is 7.10. The zero-order chi connectivity index (χ0) is 15.0. The summed E-state index contributed by atoms with van der Waals surface area (Å²) in [6, 6.07) is 3.82. The smallest absolute Gasteiger partial charge is 0.407 e. The van der Waals surface area contributed by atoms with Gasteiger partial charge in [-0.3, -0.25) is 0 Å². The fourth-order valence-corrected chi connectivity index (χ4v) is 2.36. The first-order valence-electron chi connectivity index (χ1n) is 6.51. The van der Waals surface area contributed by atoms with Crippen LogP contribution >= 0.6 is 11.3 Å². The van der Waals surface area contributed by atoms with Gasteiger partial charge in [0, 0.05) is 25.0 Å². The van der Waals surface area contributed by atoms with Crippen LogP contribution in [0.4, 0.5) is 9.59 Å². The Morgan fingerprint density at radius 3 is 2.70 bits per heavy atom. The van der Waals surface area contributed by atoms with Crippen molar-refractivity contribution >= 4 is 23.5 Å². The molecule has 0 fully saturated rings. The predicted octanol–water partition coefficient (Wildman–Crippen LogP) is 2.20. The van der Waals surface area contributed by atoms with Gasteiger partial charge in [-0.05, 0) is 25.3 Å². The Morgan fingerprint density at radius 1 is 1.40 bits per heavy atom. The van der Waals surface area contributed by atoms with E-state index in [1.165, 1.54) is 0 Å². The van der Waals surface area contributed by atoms with Crippen LogP contribution in [-0.4, -0.2) is 43.8 Å². The Labute approximate surface area is 123 Å². The summed E-state index contributed by atoms with van der Waals surface area (Å²) in [4.78, 5) is 25.7. The first kappa shape index (κ1) is 16.3. The number of thiophene rings is 1. The molecule has 0 bridgehead atoms. The molecular formula is C13H21N3O3S. The maximum Gasteiger partial charge on any atom is 0.407 e. The standard InChI is InChI=1S/C13H21N3O3S/c1-4-19-13(18)15-8-7-14-12(17)16(3)10(2)11-6-5-9-20-11/h5-6,9-10H,4,7-8H2,1-3H3,(H,14,17)(H,15,18). The van der Waals surface area contributed by atoms with Crippen LogP contribution in [0.1, 0.15) is 24.8 Å². The minimum Gasteiger partial charge on any atom is -0.450 e. The fourth-order valence-electron chi connectivity index (χ4n) is 1.54. The van der Waals surface area contributed by atoms with E-state index in [4.69, 9.17) is 4.74 Å². The fraction of sp³-hybridized carbons (Fsp3) is 0.538. The van der Waals surface area contributed by atoms with Gasteiger partial charge in [0.05, 0.1) is 12.6 Å². The Hall–Kier alpha value is -1.76. The Balaban J connectivity index is 2.27. The molecule has 0 aromatic carbocycles. The molecule has 0 spiro atoms. The summed E-state index contributed by atoms with van der Waals surface area (Å²) >= 11 is 1.62. The van der Waals surface area contributed by atoms with Crippen molar-refractivity contribution in [2.75, 3.05) is 26.7 Å². The van der Waals surface area contributed by atoms with Crippen molar-refractivity contribution in [1.82, 2.24) is 15.5 Å². The van der Waals surface area contributed by atoms with Gasteiger partial charge in [-0.1, -0.05) is 6.07 Å². The van der Waals surface area contributed by atoms with Gasteiger partial charge >= 0.3 is 12.1 Å². The molecule has 1 unspecified atom stereocenters. The van der Waals surface area contributed by atoms with Gasteiger partial charge in [0.25, 0.3) is 0 Å². The molecule has 1 aromatic rings. The van der Waals surface area contributed by atoms with E-state index in [1.54, 1.807) is 30.2 Å². The number of nitrogens with zero attached hydrogens (tertiary/aromatic N) is 1. The van der Waals surface area contributed by atoms with Gasteiger partial charge < -0.3 is 20.3 Å². The topological polar surface area (TPSA) is 70.7 Å². The number of carbonyl (C=O) groups is 2. The quantitative estimate of drug-likeness (QED) is 0.791. The third kappa shape index (κ3) is 5.08. The van der Waals surface area contributed by atoms with Crippen LogP contribution in [-0.2, 0) is 4.74 Å². The summed E-state index contributed by atoms with van der Waals surface area (Å²) < 4.78 is 4.71. The SMILES string of the molecule is CCOC(=O)NCCNC(=O)N(C)C(C)c1cccs1. The number of nitrogens with one attached hydrogen (secondary N) is 2. The van der Waals surface area contributed by atoms with Crippen LogP contribution in [0.15, 0.2) is 17.5 Å². The lowest BCUT2D eigenvalue weighted by molar-refractivity contribution is 0.152. The lowest BCUT2D eigenvalue weighted by atomic mass is 10.2. The first-order chi connectivity index (χ1) is 9.56. The van der Waals surface area contributed by atoms with Crippen molar-refractivity contribution in [3.8, 4) is 0 Å². The normalized spacial score (nSPS) is 11.6. The number of hydrogen-bond acceptors (Lipinski definition) is 4. The Bertz CT molecular complexity index is 423. The summed E-state index contributed by atoms with van der Waals surface area (Å²) in [5.41, 5.74) is 0. The largest absolute Gasteiger partial charge is 0.450 e. The van der Waals surface area contributed by atoms with E-state index in [0.29, 0.717) is 19.7 Å². The van der Waals surface area contributed by atoms with E-state index in [0.717, 1.165) is 4.88 Å². The molecule has 0 aliphatic heterocycles. The molecule has 1 atom stereocenters. The van der Waals surface area contributed by atoms with Gasteiger partial charge in [-0.15, -0.1) is 11.3 Å². The maximum absolute atomic E-state index is 11.9. The third-order valence-electron chi connectivity index (χ3n) is 2.80. The minimum absolute atomic E-state index is 0.0213. The molecule has 1 rings (SSSR count). The second-order valence-electron chi connectivity index (χ2n) is 4.18. The van der Waals surface area contributed by atoms with E-state index < -0.39 is 6.09 Å². The Morgan fingerprint density at radius 2 is 2.10 bits per heavy atom. The predicted molar refractivity (Wildman–Crippen MR) is 78.9 cm³/mol. The van der Waals surface area contributed by atoms with E-state index in [-0.39, 0.29) is 12.1 Å². The van der Waals surface area contributed by atoms with Gasteiger partial charge in [0.2, 0.25) is 0 Å². The van der Waals surface area contributed by atoms with Crippen LogP contribution in [0.5, 0.6) is 0 Å². The third-order valence-corrected chi connectivity index (χ3v) is 3.84. The van der Waals surface area contributed by atoms with Gasteiger partial charge in [0.15, 0.2) is 0 Å². The van der Waals surface area contributed by atoms with Gasteiger partial charge in [-0.25, -0.2) is 9.59 Å². The summed E-state index contributed by atoms with van der Waals surface area (Å²) in [5.74, 6) is 0.